The second-order valence-electron chi connectivity index (χ2n) is 4.03. The van der Waals surface area contributed by atoms with Crippen molar-refractivity contribution >= 4 is 21.8 Å². The van der Waals surface area contributed by atoms with Gasteiger partial charge >= 0.3 is 0 Å². The molecular formula is C10H13BrN4O3. The van der Waals surface area contributed by atoms with Crippen LogP contribution in [0, 0.1) is 0 Å². The third-order valence-corrected chi connectivity index (χ3v) is 3.35. The van der Waals surface area contributed by atoms with Gasteiger partial charge in [0.15, 0.2) is 0 Å². The molecule has 8 heteroatoms. The lowest BCUT2D eigenvalue weighted by Crippen LogP contribution is -2.39. The lowest BCUT2D eigenvalue weighted by Gasteiger charge is -2.13. The zero-order valence-electron chi connectivity index (χ0n) is 9.51. The van der Waals surface area contributed by atoms with Gasteiger partial charge in [-0.2, -0.15) is 0 Å². The van der Waals surface area contributed by atoms with Gasteiger partial charge in [-0.05, 0) is 28.8 Å². The summed E-state index contributed by atoms with van der Waals surface area (Å²) in [6.45, 7) is 0.375. The van der Waals surface area contributed by atoms with Crippen LogP contribution in [0.1, 0.15) is 12.8 Å². The monoisotopic (exact) mass is 316 g/mol. The number of amides is 1. The number of nitrogens with one attached hydrogen (secondary N) is 1. The summed E-state index contributed by atoms with van der Waals surface area (Å²) < 4.78 is 7.38. The maximum absolute atomic E-state index is 11.7. The van der Waals surface area contributed by atoms with Crippen molar-refractivity contribution < 1.29 is 9.53 Å². The molecule has 1 aliphatic rings. The highest BCUT2D eigenvalue weighted by atomic mass is 79.9. The number of aromatic nitrogens is 2. The van der Waals surface area contributed by atoms with E-state index in [0.29, 0.717) is 23.9 Å². The molecule has 7 nitrogen and oxygen atoms in total. The molecule has 0 radical (unpaired) electrons. The molecule has 1 fully saturated rings. The normalized spacial score (nSPS) is 23.0. The molecule has 0 saturated carbocycles. The van der Waals surface area contributed by atoms with Gasteiger partial charge in [-0.1, -0.05) is 0 Å². The van der Waals surface area contributed by atoms with Crippen molar-refractivity contribution in [2.45, 2.75) is 31.6 Å². The van der Waals surface area contributed by atoms with Crippen LogP contribution in [0.5, 0.6) is 0 Å². The van der Waals surface area contributed by atoms with Crippen LogP contribution in [0.2, 0.25) is 0 Å². The van der Waals surface area contributed by atoms with Crippen molar-refractivity contribution in [1.29, 1.82) is 0 Å². The van der Waals surface area contributed by atoms with Crippen LogP contribution in [0.4, 0.5) is 0 Å². The summed E-state index contributed by atoms with van der Waals surface area (Å²) in [5.74, 6) is 4.71. The Labute approximate surface area is 111 Å². The largest absolute Gasteiger partial charge is 0.363 e. The molecule has 2 unspecified atom stereocenters. The van der Waals surface area contributed by atoms with Crippen molar-refractivity contribution in [2.24, 2.45) is 5.84 Å². The van der Waals surface area contributed by atoms with Gasteiger partial charge in [-0.25, -0.2) is 10.8 Å². The highest BCUT2D eigenvalue weighted by Crippen LogP contribution is 2.20. The fourth-order valence-corrected chi connectivity index (χ4v) is 2.25. The van der Waals surface area contributed by atoms with Crippen LogP contribution in [0.15, 0.2) is 21.8 Å². The lowest BCUT2D eigenvalue weighted by molar-refractivity contribution is -0.132. The quantitative estimate of drug-likeness (QED) is 0.447. The summed E-state index contributed by atoms with van der Waals surface area (Å²) in [7, 11) is 0. The fraction of sp³-hybridized carbons (Fsp3) is 0.500. The second-order valence-corrected chi connectivity index (χ2v) is 4.89. The number of carbonyl (C=O) groups is 1. The molecule has 18 heavy (non-hydrogen) atoms. The SMILES string of the molecule is NNC(=O)C1CCC(Cn2cncc(Br)c2=O)O1. The first-order valence-corrected chi connectivity index (χ1v) is 6.27. The molecule has 3 N–H and O–H groups in total. The van der Waals surface area contributed by atoms with Crippen molar-refractivity contribution in [1.82, 2.24) is 15.0 Å². The average molecular weight is 317 g/mol. The van der Waals surface area contributed by atoms with E-state index in [1.54, 1.807) is 0 Å². The number of halogens is 1. The molecule has 0 spiro atoms. The molecule has 2 rings (SSSR count). The second kappa shape index (κ2) is 5.59. The predicted octanol–water partition coefficient (Wildman–Crippen LogP) is -0.457. The highest BCUT2D eigenvalue weighted by Gasteiger charge is 2.30. The number of ether oxygens (including phenoxy) is 1. The molecule has 2 atom stereocenters. The van der Waals surface area contributed by atoms with Crippen molar-refractivity contribution in [2.75, 3.05) is 0 Å². The summed E-state index contributed by atoms with van der Waals surface area (Å²) in [6.07, 6.45) is 3.49. The zero-order valence-corrected chi connectivity index (χ0v) is 11.1. The Morgan fingerprint density at radius 2 is 2.44 bits per heavy atom. The summed E-state index contributed by atoms with van der Waals surface area (Å²) in [5.41, 5.74) is 1.89. The third kappa shape index (κ3) is 2.77. The molecule has 1 saturated heterocycles. The van der Waals surface area contributed by atoms with E-state index in [4.69, 9.17) is 10.6 Å². The van der Waals surface area contributed by atoms with Gasteiger partial charge in [0.2, 0.25) is 0 Å². The Balaban J connectivity index is 2.02. The van der Waals surface area contributed by atoms with E-state index in [1.807, 2.05) is 0 Å². The molecule has 98 valence electrons. The predicted molar refractivity (Wildman–Crippen MR) is 66.4 cm³/mol. The molecule has 0 aromatic carbocycles. The van der Waals surface area contributed by atoms with E-state index >= 15 is 0 Å². The number of nitrogens with zero attached hydrogens (tertiary/aromatic N) is 2. The van der Waals surface area contributed by atoms with Crippen LogP contribution in [0.3, 0.4) is 0 Å². The summed E-state index contributed by atoms with van der Waals surface area (Å²) >= 11 is 3.12. The molecule has 1 aromatic heterocycles. The number of hydrogen-bond acceptors (Lipinski definition) is 5. The molecule has 1 aliphatic heterocycles. The van der Waals surface area contributed by atoms with Crippen LogP contribution in [0.25, 0.3) is 0 Å². The minimum absolute atomic E-state index is 0.166. The number of nitrogens with two attached hydrogens (primary N) is 1. The third-order valence-electron chi connectivity index (χ3n) is 2.80. The van der Waals surface area contributed by atoms with Gasteiger partial charge in [0, 0.05) is 6.20 Å². The maximum Gasteiger partial charge on any atom is 0.267 e. The first-order chi connectivity index (χ1) is 8.61. The van der Waals surface area contributed by atoms with Gasteiger partial charge in [0.1, 0.15) is 10.6 Å². The standard InChI is InChI=1S/C10H13BrN4O3/c11-7-3-13-5-15(10(7)17)4-6-1-2-8(18-6)9(16)14-12/h3,5-6,8H,1-2,4,12H2,(H,14,16). The van der Waals surface area contributed by atoms with Gasteiger partial charge in [-0.15, -0.1) is 0 Å². The Morgan fingerprint density at radius 1 is 1.67 bits per heavy atom. The molecule has 2 heterocycles. The first-order valence-electron chi connectivity index (χ1n) is 5.47. The topological polar surface area (TPSA) is 99.2 Å². The van der Waals surface area contributed by atoms with E-state index < -0.39 is 6.10 Å². The van der Waals surface area contributed by atoms with Crippen LogP contribution in [-0.4, -0.2) is 27.7 Å². The van der Waals surface area contributed by atoms with E-state index in [1.165, 1.54) is 17.1 Å². The van der Waals surface area contributed by atoms with Gasteiger partial charge in [0.05, 0.1) is 19.0 Å². The maximum atomic E-state index is 11.7. The Hall–Kier alpha value is -1.25. The van der Waals surface area contributed by atoms with Gasteiger partial charge < -0.3 is 4.74 Å². The minimum atomic E-state index is -0.532. The summed E-state index contributed by atoms with van der Waals surface area (Å²) in [6, 6.07) is 0. The van der Waals surface area contributed by atoms with E-state index in [9.17, 15) is 9.59 Å². The fourth-order valence-electron chi connectivity index (χ4n) is 1.90. The minimum Gasteiger partial charge on any atom is -0.363 e. The van der Waals surface area contributed by atoms with Crippen LogP contribution in [-0.2, 0) is 16.1 Å². The summed E-state index contributed by atoms with van der Waals surface area (Å²) in [4.78, 5) is 27.0. The average Bonchev–Trinajstić information content (AvgIpc) is 2.82. The lowest BCUT2D eigenvalue weighted by atomic mass is 10.2. The zero-order chi connectivity index (χ0) is 13.1. The Kier molecular flexibility index (Phi) is 4.10. The van der Waals surface area contributed by atoms with Crippen LogP contribution < -0.4 is 16.8 Å². The number of hydrogen-bond donors (Lipinski definition) is 2. The Bertz CT molecular complexity index is 504. The van der Waals surface area contributed by atoms with Gasteiger partial charge in [0.25, 0.3) is 11.5 Å². The van der Waals surface area contributed by atoms with Crippen LogP contribution >= 0.6 is 15.9 Å². The number of hydrazine groups is 1. The van der Waals surface area contributed by atoms with Crippen molar-refractivity contribution in [3.8, 4) is 0 Å². The number of rotatable bonds is 3. The molecular weight excluding hydrogens is 304 g/mol. The van der Waals surface area contributed by atoms with Gasteiger partial charge in [-0.3, -0.25) is 19.6 Å². The van der Waals surface area contributed by atoms with E-state index in [0.717, 1.165) is 0 Å². The smallest absolute Gasteiger partial charge is 0.267 e. The Morgan fingerprint density at radius 3 is 3.17 bits per heavy atom. The molecule has 1 aromatic rings. The van der Waals surface area contributed by atoms with E-state index in [-0.39, 0.29) is 17.6 Å². The first kappa shape index (κ1) is 13.2. The number of carbonyl (C=O) groups excluding carboxylic acids is 1. The molecule has 0 bridgehead atoms. The van der Waals surface area contributed by atoms with E-state index in [2.05, 4.69) is 26.3 Å². The summed E-state index contributed by atoms with van der Waals surface area (Å²) in [5, 5.41) is 0. The van der Waals surface area contributed by atoms with Crippen molar-refractivity contribution in [3.63, 3.8) is 0 Å². The van der Waals surface area contributed by atoms with Crippen molar-refractivity contribution in [3.05, 3.63) is 27.4 Å². The molecule has 1 amide bonds. The highest BCUT2D eigenvalue weighted by molar-refractivity contribution is 9.10. The molecule has 0 aliphatic carbocycles.